The van der Waals surface area contributed by atoms with Crippen LogP contribution in [-0.2, 0) is 33.3 Å². The van der Waals surface area contributed by atoms with Gasteiger partial charge >= 0.3 is 17.9 Å². The molecule has 6 atom stereocenters. The van der Waals surface area contributed by atoms with Crippen molar-refractivity contribution in [1.82, 2.24) is 0 Å². The highest BCUT2D eigenvalue weighted by Crippen LogP contribution is 2.23. The second-order valence-corrected chi connectivity index (χ2v) is 13.1. The van der Waals surface area contributed by atoms with Crippen LogP contribution in [0.5, 0.6) is 0 Å². The minimum Gasteiger partial charge on any atom is -0.479 e. The van der Waals surface area contributed by atoms with Crippen LogP contribution in [0.15, 0.2) is 12.2 Å². The minimum absolute atomic E-state index is 0.185. The smallest absolute Gasteiger partial charge is 0.335 e. The molecule has 1 fully saturated rings. The summed E-state index contributed by atoms with van der Waals surface area (Å²) in [5.41, 5.74) is 0. The van der Waals surface area contributed by atoms with Crippen molar-refractivity contribution in [2.45, 2.75) is 192 Å². The first-order valence-electron chi connectivity index (χ1n) is 18.7. The number of allylic oxidation sites excluding steroid dienone is 2. The SMILES string of the molecule is CCCC/C=C\CCCCCCCC(=O)OCC(COC1OC(C(=O)O)C(O)C(O)C1O)OC(=O)CCCCCCCCCCCCC. The number of carboxylic acids is 1. The molecule has 1 rings (SSSR count). The van der Waals surface area contributed by atoms with E-state index in [1.165, 1.54) is 57.8 Å². The Kier molecular flexibility index (Phi) is 26.3. The lowest BCUT2D eigenvalue weighted by Crippen LogP contribution is -2.60. The Morgan fingerprint density at radius 2 is 1.12 bits per heavy atom. The van der Waals surface area contributed by atoms with Gasteiger partial charge in [-0.1, -0.05) is 122 Å². The molecule has 1 saturated heterocycles. The molecule has 1 heterocycles. The molecule has 0 aliphatic carbocycles. The fraction of sp³-hybridized carbons (Fsp3) is 0.865. The fourth-order valence-corrected chi connectivity index (χ4v) is 5.56. The summed E-state index contributed by atoms with van der Waals surface area (Å²) in [4.78, 5) is 36.5. The molecule has 11 heteroatoms. The Balaban J connectivity index is 2.47. The second kappa shape index (κ2) is 28.8. The van der Waals surface area contributed by atoms with Crippen molar-refractivity contribution in [2.24, 2.45) is 0 Å². The Labute approximate surface area is 288 Å². The number of rotatable bonds is 30. The molecular formula is C37H66O11. The van der Waals surface area contributed by atoms with E-state index >= 15 is 0 Å². The normalized spacial score (nSPS) is 21.7. The molecule has 1 aliphatic heterocycles. The molecule has 0 spiro atoms. The lowest BCUT2D eigenvalue weighted by atomic mass is 9.99. The largest absolute Gasteiger partial charge is 0.479 e. The van der Waals surface area contributed by atoms with Gasteiger partial charge < -0.3 is 39.4 Å². The number of aliphatic carboxylic acids is 1. The molecule has 48 heavy (non-hydrogen) atoms. The van der Waals surface area contributed by atoms with Crippen LogP contribution in [0.25, 0.3) is 0 Å². The van der Waals surface area contributed by atoms with Crippen LogP contribution >= 0.6 is 0 Å². The van der Waals surface area contributed by atoms with Gasteiger partial charge in [0.2, 0.25) is 0 Å². The number of aliphatic hydroxyl groups is 3. The van der Waals surface area contributed by atoms with Gasteiger partial charge in [-0.2, -0.15) is 0 Å². The number of aliphatic hydroxyl groups excluding tert-OH is 3. The lowest BCUT2D eigenvalue weighted by molar-refractivity contribution is -0.298. The van der Waals surface area contributed by atoms with E-state index in [0.29, 0.717) is 12.8 Å². The third-order valence-electron chi connectivity index (χ3n) is 8.61. The van der Waals surface area contributed by atoms with Crippen molar-refractivity contribution in [1.29, 1.82) is 0 Å². The predicted molar refractivity (Wildman–Crippen MR) is 183 cm³/mol. The summed E-state index contributed by atoms with van der Waals surface area (Å²) in [6.07, 6.45) is 17.1. The molecule has 280 valence electrons. The number of carbonyl (C=O) groups is 3. The molecule has 0 bridgehead atoms. The van der Waals surface area contributed by atoms with Crippen LogP contribution < -0.4 is 0 Å². The van der Waals surface area contributed by atoms with Crippen LogP contribution in [0.3, 0.4) is 0 Å². The number of hydrogen-bond donors (Lipinski definition) is 4. The molecule has 0 aromatic rings. The van der Waals surface area contributed by atoms with E-state index in [9.17, 15) is 34.8 Å². The summed E-state index contributed by atoms with van der Waals surface area (Å²) in [6, 6.07) is 0. The van der Waals surface area contributed by atoms with Crippen molar-refractivity contribution < 1.29 is 53.8 Å². The Morgan fingerprint density at radius 1 is 0.625 bits per heavy atom. The molecule has 0 aromatic heterocycles. The fourth-order valence-electron chi connectivity index (χ4n) is 5.56. The third kappa shape index (κ3) is 21.1. The Hall–Kier alpha value is -2.05. The zero-order valence-electron chi connectivity index (χ0n) is 29.7. The van der Waals surface area contributed by atoms with Crippen molar-refractivity contribution >= 4 is 17.9 Å². The van der Waals surface area contributed by atoms with Gasteiger partial charge in [-0.05, 0) is 32.1 Å². The maximum atomic E-state index is 12.6. The van der Waals surface area contributed by atoms with Gasteiger partial charge in [-0.15, -0.1) is 0 Å². The summed E-state index contributed by atoms with van der Waals surface area (Å²) in [7, 11) is 0. The maximum Gasteiger partial charge on any atom is 0.335 e. The first-order chi connectivity index (χ1) is 23.2. The maximum absolute atomic E-state index is 12.6. The molecule has 6 unspecified atom stereocenters. The molecule has 0 aromatic carbocycles. The quantitative estimate of drug-likeness (QED) is 0.0368. The predicted octanol–water partition coefficient (Wildman–Crippen LogP) is 6.53. The molecule has 0 amide bonds. The number of hydrogen-bond acceptors (Lipinski definition) is 10. The van der Waals surface area contributed by atoms with Gasteiger partial charge in [0.25, 0.3) is 0 Å². The highest BCUT2D eigenvalue weighted by Gasteiger charge is 2.47. The molecule has 4 N–H and O–H groups in total. The molecule has 0 saturated carbocycles. The Bertz CT molecular complexity index is 864. The van der Waals surface area contributed by atoms with Crippen LogP contribution in [0.2, 0.25) is 0 Å². The number of ether oxygens (including phenoxy) is 4. The third-order valence-corrected chi connectivity index (χ3v) is 8.61. The second-order valence-electron chi connectivity index (χ2n) is 13.1. The van der Waals surface area contributed by atoms with Crippen molar-refractivity contribution in [3.63, 3.8) is 0 Å². The summed E-state index contributed by atoms with van der Waals surface area (Å²) in [5.74, 6) is -2.45. The topological polar surface area (TPSA) is 169 Å². The molecule has 11 nitrogen and oxygen atoms in total. The number of carboxylic acid groups (broad SMARTS) is 1. The lowest BCUT2D eigenvalue weighted by Gasteiger charge is -2.38. The van der Waals surface area contributed by atoms with E-state index in [0.717, 1.165) is 57.8 Å². The zero-order chi connectivity index (χ0) is 35.4. The molecule has 1 aliphatic rings. The molecule has 0 radical (unpaired) electrons. The first kappa shape index (κ1) is 44.0. The van der Waals surface area contributed by atoms with Crippen molar-refractivity contribution in [3.8, 4) is 0 Å². The van der Waals surface area contributed by atoms with Crippen LogP contribution in [0.4, 0.5) is 0 Å². The highest BCUT2D eigenvalue weighted by atomic mass is 16.7. The first-order valence-corrected chi connectivity index (χ1v) is 18.7. The summed E-state index contributed by atoms with van der Waals surface area (Å²) >= 11 is 0. The standard InChI is InChI=1S/C37H66O11/c1-3-5-7-9-11-13-15-17-19-21-23-25-30(38)45-27-29(28-46-37-34(42)32(40)33(41)35(48-37)36(43)44)47-31(39)26-24-22-20-18-16-14-12-10-8-6-4-2/h9,11,29,32-35,37,40-42H,3-8,10,12-28H2,1-2H3,(H,43,44)/b11-9-. The van der Waals surface area contributed by atoms with Gasteiger partial charge in [0.15, 0.2) is 18.5 Å². The van der Waals surface area contributed by atoms with E-state index < -0.39 is 54.7 Å². The molecular weight excluding hydrogens is 620 g/mol. The van der Waals surface area contributed by atoms with Crippen LogP contribution in [0.1, 0.15) is 155 Å². The minimum atomic E-state index is -1.86. The van der Waals surface area contributed by atoms with Gasteiger partial charge in [-0.3, -0.25) is 9.59 Å². The zero-order valence-corrected chi connectivity index (χ0v) is 29.7. The van der Waals surface area contributed by atoms with Gasteiger partial charge in [-0.25, -0.2) is 4.79 Å². The van der Waals surface area contributed by atoms with E-state index in [4.69, 9.17) is 18.9 Å². The van der Waals surface area contributed by atoms with Gasteiger partial charge in [0.05, 0.1) is 6.61 Å². The van der Waals surface area contributed by atoms with Gasteiger partial charge in [0, 0.05) is 12.8 Å². The van der Waals surface area contributed by atoms with Crippen molar-refractivity contribution in [3.05, 3.63) is 12.2 Å². The monoisotopic (exact) mass is 686 g/mol. The Morgan fingerprint density at radius 3 is 1.69 bits per heavy atom. The van der Waals surface area contributed by atoms with E-state index in [-0.39, 0.29) is 26.1 Å². The van der Waals surface area contributed by atoms with E-state index in [2.05, 4.69) is 26.0 Å². The summed E-state index contributed by atoms with van der Waals surface area (Å²) < 4.78 is 21.6. The number of carbonyl (C=O) groups excluding carboxylic acids is 2. The highest BCUT2D eigenvalue weighted by molar-refractivity contribution is 5.73. The van der Waals surface area contributed by atoms with Crippen LogP contribution in [0, 0.1) is 0 Å². The number of unbranched alkanes of at least 4 members (excludes halogenated alkanes) is 17. The van der Waals surface area contributed by atoms with Gasteiger partial charge in [0.1, 0.15) is 24.9 Å². The van der Waals surface area contributed by atoms with Crippen molar-refractivity contribution in [2.75, 3.05) is 13.2 Å². The average Bonchev–Trinajstić information content (AvgIpc) is 3.06. The van der Waals surface area contributed by atoms with E-state index in [1.54, 1.807) is 0 Å². The summed E-state index contributed by atoms with van der Waals surface area (Å²) in [5, 5.41) is 39.6. The average molecular weight is 687 g/mol. The summed E-state index contributed by atoms with van der Waals surface area (Å²) in [6.45, 7) is 3.72. The number of esters is 2. The van der Waals surface area contributed by atoms with E-state index in [1.807, 2.05) is 0 Å². The van der Waals surface area contributed by atoms with Crippen LogP contribution in [-0.4, -0.2) is 88.4 Å².